The van der Waals surface area contributed by atoms with Crippen LogP contribution in [0.2, 0.25) is 0 Å². The topological polar surface area (TPSA) is 63.7 Å². The Labute approximate surface area is 155 Å². The van der Waals surface area contributed by atoms with Crippen molar-refractivity contribution in [1.29, 1.82) is 0 Å². The van der Waals surface area contributed by atoms with E-state index in [1.165, 1.54) is 0 Å². The quantitative estimate of drug-likeness (QED) is 0.748. The van der Waals surface area contributed by atoms with Crippen LogP contribution in [0, 0.1) is 0 Å². The Kier molecular flexibility index (Phi) is 7.26. The van der Waals surface area contributed by atoms with Crippen LogP contribution in [0.5, 0.6) is 11.5 Å². The number of pyridine rings is 1. The van der Waals surface area contributed by atoms with Gasteiger partial charge in [-0.1, -0.05) is 12.1 Å². The Balaban J connectivity index is 1.93. The zero-order valence-corrected chi connectivity index (χ0v) is 15.9. The first kappa shape index (κ1) is 19.6. The van der Waals surface area contributed by atoms with Crippen LogP contribution in [0.3, 0.4) is 0 Å². The van der Waals surface area contributed by atoms with Crippen LogP contribution in [-0.2, 0) is 17.8 Å². The lowest BCUT2D eigenvalue weighted by atomic mass is 10.1. The molecule has 2 rings (SSSR count). The molecule has 0 atom stereocenters. The number of hydrogen-bond acceptors (Lipinski definition) is 5. The van der Waals surface area contributed by atoms with Gasteiger partial charge in [-0.05, 0) is 31.5 Å². The van der Waals surface area contributed by atoms with E-state index in [1.807, 2.05) is 30.5 Å². The summed E-state index contributed by atoms with van der Waals surface area (Å²) >= 11 is 0. The van der Waals surface area contributed by atoms with Gasteiger partial charge < -0.3 is 19.7 Å². The summed E-state index contributed by atoms with van der Waals surface area (Å²) in [6, 6.07) is 9.42. The second-order valence-corrected chi connectivity index (χ2v) is 5.83. The largest absolute Gasteiger partial charge is 0.497 e. The van der Waals surface area contributed by atoms with E-state index in [2.05, 4.69) is 29.0 Å². The van der Waals surface area contributed by atoms with E-state index in [4.69, 9.17) is 9.47 Å². The molecule has 1 aromatic heterocycles. The van der Waals surface area contributed by atoms with Crippen molar-refractivity contribution in [3.8, 4) is 11.5 Å². The Hall–Kier alpha value is -2.76. The van der Waals surface area contributed by atoms with Crippen LogP contribution in [0.1, 0.15) is 25.0 Å². The maximum atomic E-state index is 12.2. The van der Waals surface area contributed by atoms with Gasteiger partial charge in [0.15, 0.2) is 0 Å². The summed E-state index contributed by atoms with van der Waals surface area (Å²) < 4.78 is 10.5. The summed E-state index contributed by atoms with van der Waals surface area (Å²) in [5.74, 6) is 2.23. The van der Waals surface area contributed by atoms with Gasteiger partial charge >= 0.3 is 0 Å². The van der Waals surface area contributed by atoms with Crippen LogP contribution < -0.4 is 19.7 Å². The molecule has 1 amide bonds. The number of aromatic nitrogens is 1. The van der Waals surface area contributed by atoms with Gasteiger partial charge in [-0.3, -0.25) is 4.79 Å². The third-order valence-corrected chi connectivity index (χ3v) is 4.23. The van der Waals surface area contributed by atoms with E-state index in [0.717, 1.165) is 30.0 Å². The van der Waals surface area contributed by atoms with Crippen molar-refractivity contribution in [2.45, 2.75) is 26.8 Å². The fourth-order valence-electron chi connectivity index (χ4n) is 2.69. The number of methoxy groups -OCH3 is 2. The van der Waals surface area contributed by atoms with Crippen molar-refractivity contribution in [2.75, 3.05) is 32.2 Å². The molecule has 0 aliphatic heterocycles. The zero-order chi connectivity index (χ0) is 18.9. The van der Waals surface area contributed by atoms with Crippen LogP contribution in [0.15, 0.2) is 36.5 Å². The second-order valence-electron chi connectivity index (χ2n) is 5.83. The van der Waals surface area contributed by atoms with Gasteiger partial charge in [-0.2, -0.15) is 0 Å². The van der Waals surface area contributed by atoms with Gasteiger partial charge in [-0.25, -0.2) is 4.98 Å². The van der Waals surface area contributed by atoms with E-state index >= 15 is 0 Å². The Morgan fingerprint density at radius 2 is 1.88 bits per heavy atom. The number of carbonyl (C=O) groups excluding carboxylic acids is 1. The molecule has 6 heteroatoms. The van der Waals surface area contributed by atoms with Crippen molar-refractivity contribution >= 4 is 11.7 Å². The first-order valence-corrected chi connectivity index (χ1v) is 8.78. The smallest absolute Gasteiger partial charge is 0.224 e. The van der Waals surface area contributed by atoms with E-state index in [0.29, 0.717) is 18.0 Å². The highest BCUT2D eigenvalue weighted by Crippen LogP contribution is 2.24. The fraction of sp³-hybridized carbons (Fsp3) is 0.400. The minimum Gasteiger partial charge on any atom is -0.497 e. The highest BCUT2D eigenvalue weighted by Gasteiger charge is 2.10. The lowest BCUT2D eigenvalue weighted by Crippen LogP contribution is -2.25. The Bertz CT molecular complexity index is 713. The number of carbonyl (C=O) groups is 1. The number of nitrogens with one attached hydrogen (secondary N) is 1. The van der Waals surface area contributed by atoms with Gasteiger partial charge in [0.1, 0.15) is 17.3 Å². The molecule has 140 valence electrons. The molecule has 2 aromatic rings. The van der Waals surface area contributed by atoms with Crippen LogP contribution >= 0.6 is 0 Å². The maximum absolute atomic E-state index is 12.2. The number of rotatable bonds is 9. The summed E-state index contributed by atoms with van der Waals surface area (Å²) in [7, 11) is 3.18. The molecule has 0 radical (unpaired) electrons. The molecule has 0 bridgehead atoms. The standard InChI is InChI=1S/C20H27N3O3/c1-5-23(6-2)19-10-7-15(13-21-19)14-22-20(24)11-16-8-9-17(25-3)12-18(16)26-4/h7-10,12-13H,5-6,11,14H2,1-4H3,(H,22,24). The Morgan fingerprint density at radius 1 is 1.12 bits per heavy atom. The molecule has 0 saturated carbocycles. The first-order chi connectivity index (χ1) is 12.6. The fourth-order valence-corrected chi connectivity index (χ4v) is 2.69. The normalized spacial score (nSPS) is 10.3. The van der Waals surface area contributed by atoms with E-state index in [-0.39, 0.29) is 12.3 Å². The number of benzene rings is 1. The lowest BCUT2D eigenvalue weighted by molar-refractivity contribution is -0.120. The van der Waals surface area contributed by atoms with Gasteiger partial charge in [0, 0.05) is 37.5 Å². The molecule has 6 nitrogen and oxygen atoms in total. The summed E-state index contributed by atoms with van der Waals surface area (Å²) in [6.07, 6.45) is 2.06. The molecule has 0 aliphatic carbocycles. The monoisotopic (exact) mass is 357 g/mol. The van der Waals surface area contributed by atoms with Crippen LogP contribution in [-0.4, -0.2) is 38.2 Å². The zero-order valence-electron chi connectivity index (χ0n) is 15.9. The molecule has 1 aromatic carbocycles. The third kappa shape index (κ3) is 5.12. The lowest BCUT2D eigenvalue weighted by Gasteiger charge is -2.19. The SMILES string of the molecule is CCN(CC)c1ccc(CNC(=O)Cc2ccc(OC)cc2OC)cn1. The molecule has 1 heterocycles. The minimum atomic E-state index is -0.0683. The molecule has 1 N–H and O–H groups in total. The molecule has 0 saturated heterocycles. The number of amides is 1. The molecule has 26 heavy (non-hydrogen) atoms. The number of nitrogens with zero attached hydrogens (tertiary/aromatic N) is 2. The van der Waals surface area contributed by atoms with Gasteiger partial charge in [-0.15, -0.1) is 0 Å². The molecular formula is C20H27N3O3. The molecule has 0 fully saturated rings. The number of ether oxygens (including phenoxy) is 2. The maximum Gasteiger partial charge on any atom is 0.224 e. The second kappa shape index (κ2) is 9.65. The summed E-state index contributed by atoms with van der Waals surface area (Å²) in [6.45, 7) is 6.49. The molecular weight excluding hydrogens is 330 g/mol. The van der Waals surface area contributed by atoms with Gasteiger partial charge in [0.05, 0.1) is 20.6 Å². The van der Waals surface area contributed by atoms with E-state index < -0.39 is 0 Å². The van der Waals surface area contributed by atoms with E-state index in [9.17, 15) is 4.79 Å². The molecule has 0 spiro atoms. The summed E-state index contributed by atoms with van der Waals surface area (Å²) in [5, 5.41) is 2.92. The van der Waals surface area contributed by atoms with Crippen molar-refractivity contribution < 1.29 is 14.3 Å². The van der Waals surface area contributed by atoms with Crippen molar-refractivity contribution in [3.63, 3.8) is 0 Å². The molecule has 0 aliphatic rings. The van der Waals surface area contributed by atoms with Crippen LogP contribution in [0.25, 0.3) is 0 Å². The Morgan fingerprint density at radius 3 is 2.46 bits per heavy atom. The van der Waals surface area contributed by atoms with Crippen molar-refractivity contribution in [2.24, 2.45) is 0 Å². The number of anilines is 1. The summed E-state index contributed by atoms with van der Waals surface area (Å²) in [4.78, 5) is 18.9. The number of hydrogen-bond donors (Lipinski definition) is 1. The van der Waals surface area contributed by atoms with Crippen molar-refractivity contribution in [1.82, 2.24) is 10.3 Å². The average molecular weight is 357 g/mol. The highest BCUT2D eigenvalue weighted by molar-refractivity contribution is 5.79. The highest BCUT2D eigenvalue weighted by atomic mass is 16.5. The summed E-state index contributed by atoms with van der Waals surface area (Å²) in [5.41, 5.74) is 1.79. The third-order valence-electron chi connectivity index (χ3n) is 4.23. The van der Waals surface area contributed by atoms with Gasteiger partial charge in [0.2, 0.25) is 5.91 Å². The van der Waals surface area contributed by atoms with Gasteiger partial charge in [0.25, 0.3) is 0 Å². The minimum absolute atomic E-state index is 0.0683. The predicted molar refractivity (Wildman–Crippen MR) is 103 cm³/mol. The molecule has 0 unspecified atom stereocenters. The van der Waals surface area contributed by atoms with Crippen molar-refractivity contribution in [3.05, 3.63) is 47.7 Å². The first-order valence-electron chi connectivity index (χ1n) is 8.78. The van der Waals surface area contributed by atoms with E-state index in [1.54, 1.807) is 20.3 Å². The average Bonchev–Trinajstić information content (AvgIpc) is 2.68. The van der Waals surface area contributed by atoms with Crippen LogP contribution in [0.4, 0.5) is 5.82 Å². The predicted octanol–water partition coefficient (Wildman–Crippen LogP) is 2.80.